The zero-order chi connectivity index (χ0) is 14.0. The van der Waals surface area contributed by atoms with Gasteiger partial charge in [-0.2, -0.15) is 0 Å². The lowest BCUT2D eigenvalue weighted by Crippen LogP contribution is -2.53. The molecule has 0 fully saturated rings. The summed E-state index contributed by atoms with van der Waals surface area (Å²) in [5.74, 6) is -0.302. The molecule has 2 rings (SSSR count). The second-order valence-corrected chi connectivity index (χ2v) is 4.41. The molecule has 5 heteroatoms. The fourth-order valence-corrected chi connectivity index (χ4v) is 2.17. The molecule has 0 saturated heterocycles. The molecule has 0 aromatic heterocycles. The van der Waals surface area contributed by atoms with E-state index in [0.717, 1.165) is 5.70 Å². The van der Waals surface area contributed by atoms with Crippen molar-refractivity contribution in [2.45, 2.75) is 19.4 Å². The molecular formula is C14H16N2O3. The predicted molar refractivity (Wildman–Crippen MR) is 72.3 cm³/mol. The van der Waals surface area contributed by atoms with Gasteiger partial charge in [0.1, 0.15) is 5.75 Å². The molecule has 1 aromatic carbocycles. The average Bonchev–Trinajstić information content (AvgIpc) is 2.39. The number of nitrogens with one attached hydrogen (secondary N) is 1. The van der Waals surface area contributed by atoms with Crippen molar-refractivity contribution in [1.29, 1.82) is 0 Å². The van der Waals surface area contributed by atoms with E-state index in [1.54, 1.807) is 44.5 Å². The lowest BCUT2D eigenvalue weighted by atomic mass is 9.84. The third-order valence-electron chi connectivity index (χ3n) is 3.23. The number of rotatable bonds is 3. The lowest BCUT2D eigenvalue weighted by molar-refractivity contribution is -0.141. The van der Waals surface area contributed by atoms with Crippen LogP contribution in [0.15, 0.2) is 41.2 Å². The summed E-state index contributed by atoms with van der Waals surface area (Å²) < 4.78 is 5.08. The topological polar surface area (TPSA) is 70.9 Å². The fraction of sp³-hybridized carbons (Fsp3) is 0.286. The largest absolute Gasteiger partial charge is 0.497 e. The van der Waals surface area contributed by atoms with Crippen LogP contribution in [0.2, 0.25) is 0 Å². The minimum atomic E-state index is -1.31. The Balaban J connectivity index is 2.52. The molecular weight excluding hydrogens is 244 g/mol. The van der Waals surface area contributed by atoms with Crippen LogP contribution in [0, 0.1) is 0 Å². The summed E-state index contributed by atoms with van der Waals surface area (Å²) in [5, 5.41) is 12.6. The highest BCUT2D eigenvalue weighted by molar-refractivity contribution is 6.11. The Morgan fingerprint density at radius 3 is 2.42 bits per heavy atom. The van der Waals surface area contributed by atoms with Crippen molar-refractivity contribution in [3.63, 3.8) is 0 Å². The van der Waals surface area contributed by atoms with Gasteiger partial charge in [-0.3, -0.25) is 4.99 Å². The fourth-order valence-electron chi connectivity index (χ4n) is 2.17. The van der Waals surface area contributed by atoms with Crippen molar-refractivity contribution in [1.82, 2.24) is 5.32 Å². The maximum atomic E-state index is 11.7. The summed E-state index contributed by atoms with van der Waals surface area (Å²) >= 11 is 0. The Morgan fingerprint density at radius 2 is 1.95 bits per heavy atom. The van der Waals surface area contributed by atoms with Gasteiger partial charge in [0.15, 0.2) is 5.54 Å². The van der Waals surface area contributed by atoms with Gasteiger partial charge in [-0.1, -0.05) is 12.1 Å². The molecule has 0 aliphatic carbocycles. The quantitative estimate of drug-likeness (QED) is 0.870. The Bertz CT molecular complexity index is 561. The van der Waals surface area contributed by atoms with Crippen LogP contribution < -0.4 is 10.1 Å². The molecule has 1 aromatic rings. The van der Waals surface area contributed by atoms with Gasteiger partial charge in [0.05, 0.1) is 18.5 Å². The van der Waals surface area contributed by atoms with Gasteiger partial charge < -0.3 is 15.2 Å². The molecule has 1 aliphatic heterocycles. The lowest BCUT2D eigenvalue weighted by Gasteiger charge is -2.33. The van der Waals surface area contributed by atoms with Gasteiger partial charge in [0.2, 0.25) is 0 Å². The van der Waals surface area contributed by atoms with Crippen molar-refractivity contribution in [2.75, 3.05) is 7.11 Å². The van der Waals surface area contributed by atoms with Gasteiger partial charge >= 0.3 is 5.97 Å². The molecule has 1 atom stereocenters. The van der Waals surface area contributed by atoms with E-state index in [-0.39, 0.29) is 0 Å². The van der Waals surface area contributed by atoms with Gasteiger partial charge in [-0.15, -0.1) is 0 Å². The van der Waals surface area contributed by atoms with E-state index in [1.807, 2.05) is 6.92 Å². The molecule has 0 amide bonds. The van der Waals surface area contributed by atoms with Gasteiger partial charge in [-0.25, -0.2) is 4.79 Å². The number of carboxylic acid groups (broad SMARTS) is 1. The number of carboxylic acids is 1. The third-order valence-corrected chi connectivity index (χ3v) is 3.23. The zero-order valence-corrected chi connectivity index (χ0v) is 11.1. The SMILES string of the molecule is COc1ccc(C2(C(=O)O)NC=C(C)N=C2C)cc1. The first-order valence-corrected chi connectivity index (χ1v) is 5.89. The molecule has 1 aliphatic rings. The standard InChI is InChI=1S/C14H16N2O3/c1-9-8-15-14(13(17)18,10(2)16-9)11-4-6-12(19-3)7-5-11/h4-8,15H,1-3H3,(H,17,18). The second kappa shape index (κ2) is 4.76. The van der Waals surface area contributed by atoms with E-state index in [0.29, 0.717) is 17.0 Å². The molecule has 19 heavy (non-hydrogen) atoms. The first-order chi connectivity index (χ1) is 9.00. The highest BCUT2D eigenvalue weighted by Gasteiger charge is 2.44. The third kappa shape index (κ3) is 2.07. The van der Waals surface area contributed by atoms with Crippen molar-refractivity contribution in [3.05, 3.63) is 41.7 Å². The van der Waals surface area contributed by atoms with Gasteiger partial charge in [-0.05, 0) is 31.5 Å². The van der Waals surface area contributed by atoms with Crippen LogP contribution in [-0.2, 0) is 10.3 Å². The number of hydrogen-bond donors (Lipinski definition) is 2. The first-order valence-electron chi connectivity index (χ1n) is 5.89. The van der Waals surface area contributed by atoms with Crippen molar-refractivity contribution < 1.29 is 14.6 Å². The molecule has 0 spiro atoms. The number of aliphatic imine (C=N–C) groups is 1. The smallest absolute Gasteiger partial charge is 0.340 e. The van der Waals surface area contributed by atoms with Crippen LogP contribution in [0.1, 0.15) is 19.4 Å². The average molecular weight is 260 g/mol. The summed E-state index contributed by atoms with van der Waals surface area (Å²) in [5.41, 5.74) is 0.560. The van der Waals surface area contributed by atoms with Crippen LogP contribution in [0.5, 0.6) is 5.75 Å². The Morgan fingerprint density at radius 1 is 1.32 bits per heavy atom. The minimum Gasteiger partial charge on any atom is -0.497 e. The highest BCUT2D eigenvalue weighted by Crippen LogP contribution is 2.29. The summed E-state index contributed by atoms with van der Waals surface area (Å²) in [6, 6.07) is 6.93. The summed E-state index contributed by atoms with van der Waals surface area (Å²) in [4.78, 5) is 16.0. The van der Waals surface area contributed by atoms with E-state index in [4.69, 9.17) is 4.74 Å². The van der Waals surface area contributed by atoms with E-state index in [9.17, 15) is 9.90 Å². The molecule has 0 bridgehead atoms. The number of nitrogens with zero attached hydrogens (tertiary/aromatic N) is 1. The Hall–Kier alpha value is -2.30. The molecule has 5 nitrogen and oxygen atoms in total. The number of methoxy groups -OCH3 is 1. The normalized spacial score (nSPS) is 22.1. The minimum absolute atomic E-state index is 0.505. The zero-order valence-electron chi connectivity index (χ0n) is 11.1. The maximum Gasteiger partial charge on any atom is 0.340 e. The van der Waals surface area contributed by atoms with Crippen molar-refractivity contribution in [3.8, 4) is 5.75 Å². The van der Waals surface area contributed by atoms with E-state index < -0.39 is 11.5 Å². The molecule has 0 radical (unpaired) electrons. The molecule has 100 valence electrons. The maximum absolute atomic E-state index is 11.7. The Kier molecular flexibility index (Phi) is 3.29. The van der Waals surface area contributed by atoms with Gasteiger partial charge in [0.25, 0.3) is 0 Å². The van der Waals surface area contributed by atoms with Crippen LogP contribution >= 0.6 is 0 Å². The number of benzene rings is 1. The molecule has 0 saturated carbocycles. The number of allylic oxidation sites excluding steroid dienone is 1. The number of ether oxygens (including phenoxy) is 1. The Labute approximate surface area is 111 Å². The summed E-state index contributed by atoms with van der Waals surface area (Å²) in [7, 11) is 1.57. The van der Waals surface area contributed by atoms with Crippen molar-refractivity contribution >= 4 is 11.7 Å². The van der Waals surface area contributed by atoms with Crippen LogP contribution in [0.25, 0.3) is 0 Å². The van der Waals surface area contributed by atoms with E-state index >= 15 is 0 Å². The number of carbonyl (C=O) groups is 1. The molecule has 2 N–H and O–H groups in total. The molecule has 1 heterocycles. The van der Waals surface area contributed by atoms with Crippen LogP contribution in [-0.4, -0.2) is 23.9 Å². The predicted octanol–water partition coefficient (Wildman–Crippen LogP) is 1.90. The van der Waals surface area contributed by atoms with Gasteiger partial charge in [0, 0.05) is 6.20 Å². The van der Waals surface area contributed by atoms with Crippen LogP contribution in [0.3, 0.4) is 0 Å². The molecule has 1 unspecified atom stereocenters. The van der Waals surface area contributed by atoms with E-state index in [2.05, 4.69) is 10.3 Å². The summed E-state index contributed by atoms with van der Waals surface area (Å²) in [6.07, 6.45) is 1.62. The number of aliphatic carboxylic acids is 1. The van der Waals surface area contributed by atoms with Crippen molar-refractivity contribution in [2.24, 2.45) is 4.99 Å². The first kappa shape index (κ1) is 13.1. The number of hydrogen-bond acceptors (Lipinski definition) is 4. The summed E-state index contributed by atoms with van der Waals surface area (Å²) in [6.45, 7) is 3.53. The van der Waals surface area contributed by atoms with Crippen LogP contribution in [0.4, 0.5) is 0 Å². The monoisotopic (exact) mass is 260 g/mol. The van der Waals surface area contributed by atoms with E-state index in [1.165, 1.54) is 0 Å². The highest BCUT2D eigenvalue weighted by atomic mass is 16.5. The second-order valence-electron chi connectivity index (χ2n) is 4.41.